The maximum Gasteiger partial charge on any atom is 0.234 e. The second-order valence-electron chi connectivity index (χ2n) is 3.91. The predicted molar refractivity (Wildman–Crippen MR) is 60.8 cm³/mol. The molecule has 1 aromatic heterocycles. The summed E-state index contributed by atoms with van der Waals surface area (Å²) in [7, 11) is 0. The van der Waals surface area contributed by atoms with Crippen LogP contribution >= 0.6 is 0 Å². The summed E-state index contributed by atoms with van der Waals surface area (Å²) in [6.07, 6.45) is 0.939. The molecule has 16 heavy (non-hydrogen) atoms. The molecule has 2 N–H and O–H groups in total. The molecule has 0 aromatic carbocycles. The molecule has 1 heterocycles. The van der Waals surface area contributed by atoms with Gasteiger partial charge in [-0.25, -0.2) is 0 Å². The number of hydrogen-bond donors (Lipinski definition) is 2. The van der Waals surface area contributed by atoms with E-state index in [-0.39, 0.29) is 11.9 Å². The van der Waals surface area contributed by atoms with E-state index in [2.05, 4.69) is 15.8 Å². The van der Waals surface area contributed by atoms with Gasteiger partial charge in [-0.3, -0.25) is 4.79 Å². The smallest absolute Gasteiger partial charge is 0.234 e. The van der Waals surface area contributed by atoms with Gasteiger partial charge in [0.2, 0.25) is 5.91 Å². The largest absolute Gasteiger partial charge is 0.361 e. The fourth-order valence-corrected chi connectivity index (χ4v) is 1.23. The van der Waals surface area contributed by atoms with E-state index in [9.17, 15) is 4.79 Å². The number of nitrogens with one attached hydrogen (secondary N) is 2. The van der Waals surface area contributed by atoms with Crippen LogP contribution in [0.5, 0.6) is 0 Å². The Kier molecular flexibility index (Phi) is 4.98. The third-order valence-electron chi connectivity index (χ3n) is 2.29. The highest BCUT2D eigenvalue weighted by Crippen LogP contribution is 2.00. The van der Waals surface area contributed by atoms with Crippen LogP contribution in [0.3, 0.4) is 0 Å². The first-order chi connectivity index (χ1) is 7.61. The lowest BCUT2D eigenvalue weighted by Gasteiger charge is -2.11. The van der Waals surface area contributed by atoms with Crippen LogP contribution in [0.1, 0.15) is 31.7 Å². The summed E-state index contributed by atoms with van der Waals surface area (Å²) in [5.74, 6) is 0.787. The molecular formula is C11H19N3O2. The van der Waals surface area contributed by atoms with Gasteiger partial charge in [0.1, 0.15) is 5.76 Å². The second-order valence-corrected chi connectivity index (χ2v) is 3.91. The molecule has 0 saturated carbocycles. The lowest BCUT2D eigenvalue weighted by atomic mass is 10.2. The summed E-state index contributed by atoms with van der Waals surface area (Å²) in [4.78, 5) is 11.4. The summed E-state index contributed by atoms with van der Waals surface area (Å²) in [6.45, 7) is 6.71. The number of rotatable bonds is 6. The van der Waals surface area contributed by atoms with Gasteiger partial charge >= 0.3 is 0 Å². The van der Waals surface area contributed by atoms with E-state index in [0.717, 1.165) is 17.9 Å². The van der Waals surface area contributed by atoms with Crippen molar-refractivity contribution in [1.82, 2.24) is 15.8 Å². The molecule has 90 valence electrons. The third kappa shape index (κ3) is 4.44. The minimum atomic E-state index is 0.00886. The molecule has 1 rings (SSSR count). The predicted octanol–water partition coefficient (Wildman–Crippen LogP) is 0.987. The Hall–Kier alpha value is -1.36. The third-order valence-corrected chi connectivity index (χ3v) is 2.29. The standard InChI is InChI=1S/C11H19N3O2/c1-4-8(2)13-11(15)7-12-6-10-5-9(3)16-14-10/h5,8,12H,4,6-7H2,1-3H3,(H,13,15). The molecule has 0 fully saturated rings. The lowest BCUT2D eigenvalue weighted by Crippen LogP contribution is -2.38. The second kappa shape index (κ2) is 6.27. The van der Waals surface area contributed by atoms with E-state index >= 15 is 0 Å². The molecule has 0 aliphatic heterocycles. The van der Waals surface area contributed by atoms with Gasteiger partial charge in [0.15, 0.2) is 0 Å². The van der Waals surface area contributed by atoms with Crippen LogP contribution in [0.4, 0.5) is 0 Å². The molecule has 0 radical (unpaired) electrons. The fraction of sp³-hybridized carbons (Fsp3) is 0.636. The van der Waals surface area contributed by atoms with Crippen LogP contribution < -0.4 is 10.6 Å². The van der Waals surface area contributed by atoms with E-state index in [1.54, 1.807) is 0 Å². The molecule has 1 unspecified atom stereocenters. The Bertz CT molecular complexity index is 336. The van der Waals surface area contributed by atoms with Crippen molar-refractivity contribution in [3.8, 4) is 0 Å². The summed E-state index contributed by atoms with van der Waals surface area (Å²) < 4.78 is 4.91. The van der Waals surface area contributed by atoms with Crippen molar-refractivity contribution in [3.63, 3.8) is 0 Å². The van der Waals surface area contributed by atoms with Crippen LogP contribution in [-0.2, 0) is 11.3 Å². The molecule has 0 saturated heterocycles. The van der Waals surface area contributed by atoms with Crippen molar-refractivity contribution in [2.75, 3.05) is 6.54 Å². The van der Waals surface area contributed by atoms with E-state index in [1.807, 2.05) is 26.8 Å². The summed E-state index contributed by atoms with van der Waals surface area (Å²) in [5, 5.41) is 9.71. The zero-order chi connectivity index (χ0) is 12.0. The Labute approximate surface area is 95.6 Å². The Balaban J connectivity index is 2.18. The fourth-order valence-electron chi connectivity index (χ4n) is 1.23. The molecule has 5 nitrogen and oxygen atoms in total. The maximum absolute atomic E-state index is 11.4. The van der Waals surface area contributed by atoms with Gasteiger partial charge in [0, 0.05) is 18.7 Å². The number of carbonyl (C=O) groups is 1. The first-order valence-corrected chi connectivity index (χ1v) is 5.54. The van der Waals surface area contributed by atoms with Crippen LogP contribution in [0.25, 0.3) is 0 Å². The quantitative estimate of drug-likeness (QED) is 0.757. The highest BCUT2D eigenvalue weighted by Gasteiger charge is 2.05. The average molecular weight is 225 g/mol. The van der Waals surface area contributed by atoms with E-state index in [1.165, 1.54) is 0 Å². The Morgan fingerprint density at radius 1 is 1.62 bits per heavy atom. The molecular weight excluding hydrogens is 206 g/mol. The average Bonchev–Trinajstić information content (AvgIpc) is 2.64. The van der Waals surface area contributed by atoms with Gasteiger partial charge < -0.3 is 15.2 Å². The van der Waals surface area contributed by atoms with E-state index < -0.39 is 0 Å². The summed E-state index contributed by atoms with van der Waals surface area (Å²) >= 11 is 0. The molecule has 1 aromatic rings. The molecule has 0 spiro atoms. The van der Waals surface area contributed by atoms with Crippen molar-refractivity contribution in [2.24, 2.45) is 0 Å². The number of nitrogens with zero attached hydrogens (tertiary/aromatic N) is 1. The highest BCUT2D eigenvalue weighted by atomic mass is 16.5. The monoisotopic (exact) mass is 225 g/mol. The molecule has 1 atom stereocenters. The van der Waals surface area contributed by atoms with Crippen LogP contribution in [0.15, 0.2) is 10.6 Å². The highest BCUT2D eigenvalue weighted by molar-refractivity contribution is 5.78. The normalized spacial score (nSPS) is 12.4. The number of aryl methyl sites for hydroxylation is 1. The van der Waals surface area contributed by atoms with Gasteiger partial charge in [0.25, 0.3) is 0 Å². The van der Waals surface area contributed by atoms with Gasteiger partial charge in [-0.05, 0) is 20.3 Å². The first kappa shape index (κ1) is 12.7. The minimum Gasteiger partial charge on any atom is -0.361 e. The zero-order valence-corrected chi connectivity index (χ0v) is 10.0. The topological polar surface area (TPSA) is 67.2 Å². The van der Waals surface area contributed by atoms with Crippen LogP contribution in [0.2, 0.25) is 0 Å². The van der Waals surface area contributed by atoms with Gasteiger partial charge in [-0.1, -0.05) is 12.1 Å². The minimum absolute atomic E-state index is 0.00886. The van der Waals surface area contributed by atoms with Gasteiger partial charge in [-0.15, -0.1) is 0 Å². The van der Waals surface area contributed by atoms with Crippen LogP contribution in [0, 0.1) is 6.92 Å². The van der Waals surface area contributed by atoms with Crippen molar-refractivity contribution in [1.29, 1.82) is 0 Å². The Morgan fingerprint density at radius 3 is 2.94 bits per heavy atom. The van der Waals surface area contributed by atoms with Gasteiger partial charge in [0.05, 0.1) is 12.2 Å². The molecule has 0 bridgehead atoms. The lowest BCUT2D eigenvalue weighted by molar-refractivity contribution is -0.120. The zero-order valence-electron chi connectivity index (χ0n) is 10.0. The van der Waals surface area contributed by atoms with Crippen LogP contribution in [-0.4, -0.2) is 23.7 Å². The maximum atomic E-state index is 11.4. The van der Waals surface area contributed by atoms with Crippen molar-refractivity contribution in [2.45, 2.75) is 39.8 Å². The molecule has 0 aliphatic rings. The molecule has 1 amide bonds. The number of hydrogen-bond acceptors (Lipinski definition) is 4. The summed E-state index contributed by atoms with van der Waals surface area (Å²) in [6, 6.07) is 2.07. The van der Waals surface area contributed by atoms with Crippen molar-refractivity contribution in [3.05, 3.63) is 17.5 Å². The van der Waals surface area contributed by atoms with Crippen molar-refractivity contribution >= 4 is 5.91 Å². The number of amides is 1. The SMILES string of the molecule is CCC(C)NC(=O)CNCc1cc(C)on1. The number of carbonyl (C=O) groups excluding carboxylic acids is 1. The Morgan fingerprint density at radius 2 is 2.38 bits per heavy atom. The van der Waals surface area contributed by atoms with Gasteiger partial charge in [-0.2, -0.15) is 0 Å². The summed E-state index contributed by atoms with van der Waals surface area (Å²) in [5.41, 5.74) is 0.814. The van der Waals surface area contributed by atoms with E-state index in [0.29, 0.717) is 13.1 Å². The number of aromatic nitrogens is 1. The molecule has 0 aliphatic carbocycles. The van der Waals surface area contributed by atoms with E-state index in [4.69, 9.17) is 4.52 Å². The molecule has 5 heteroatoms. The van der Waals surface area contributed by atoms with Crippen molar-refractivity contribution < 1.29 is 9.32 Å². The first-order valence-electron chi connectivity index (χ1n) is 5.54.